The third-order valence-electron chi connectivity index (χ3n) is 6.20. The van der Waals surface area contributed by atoms with E-state index in [1.54, 1.807) is 7.11 Å². The molecule has 2 aromatic rings. The number of aromatic nitrogens is 2. The molecule has 2 aliphatic rings. The summed E-state index contributed by atoms with van der Waals surface area (Å²) in [5.41, 5.74) is 1.46. The summed E-state index contributed by atoms with van der Waals surface area (Å²) >= 11 is 1.87. The Morgan fingerprint density at radius 2 is 2.21 bits per heavy atom. The molecule has 6 nitrogen and oxygen atoms in total. The Hall–Kier alpha value is -1.28. The first-order valence-corrected chi connectivity index (χ1v) is 11.2. The molecule has 4 heterocycles. The molecule has 28 heavy (non-hydrogen) atoms. The van der Waals surface area contributed by atoms with Gasteiger partial charge >= 0.3 is 0 Å². The molecule has 1 atom stereocenters. The Balaban J connectivity index is 1.29. The quantitative estimate of drug-likeness (QED) is 0.701. The van der Waals surface area contributed by atoms with Crippen LogP contribution in [0.1, 0.15) is 47.8 Å². The third kappa shape index (κ3) is 4.82. The molecule has 0 aliphatic carbocycles. The van der Waals surface area contributed by atoms with Crippen molar-refractivity contribution in [3.05, 3.63) is 33.6 Å². The maximum absolute atomic E-state index is 6.33. The van der Waals surface area contributed by atoms with Crippen LogP contribution in [0.3, 0.4) is 0 Å². The Morgan fingerprint density at radius 1 is 1.36 bits per heavy atom. The van der Waals surface area contributed by atoms with Gasteiger partial charge in [-0.15, -0.1) is 11.3 Å². The predicted molar refractivity (Wildman–Crippen MR) is 109 cm³/mol. The number of nitrogens with zero attached hydrogens (tertiary/aromatic N) is 3. The highest BCUT2D eigenvalue weighted by atomic mass is 32.1. The van der Waals surface area contributed by atoms with Gasteiger partial charge in [0.2, 0.25) is 5.89 Å². The Kier molecular flexibility index (Phi) is 6.45. The SMILES string of the molecule is COCCc1noc(CC2CCOC3(CCN(Cc4sccc4C)CC3)C2)n1. The van der Waals surface area contributed by atoms with Crippen LogP contribution < -0.4 is 0 Å². The average molecular weight is 406 g/mol. The van der Waals surface area contributed by atoms with Crippen molar-refractivity contribution in [3.63, 3.8) is 0 Å². The van der Waals surface area contributed by atoms with Gasteiger partial charge in [-0.3, -0.25) is 4.90 Å². The molecule has 7 heteroatoms. The van der Waals surface area contributed by atoms with Crippen LogP contribution >= 0.6 is 11.3 Å². The molecule has 4 rings (SSSR count). The number of hydrogen-bond donors (Lipinski definition) is 0. The summed E-state index contributed by atoms with van der Waals surface area (Å²) in [6.45, 7) is 7.00. The normalized spacial score (nSPS) is 22.7. The van der Waals surface area contributed by atoms with Crippen molar-refractivity contribution < 1.29 is 14.0 Å². The molecule has 0 radical (unpaired) electrons. The van der Waals surface area contributed by atoms with Gasteiger partial charge in [-0.25, -0.2) is 0 Å². The highest BCUT2D eigenvalue weighted by molar-refractivity contribution is 7.10. The Labute approximate surface area is 171 Å². The van der Waals surface area contributed by atoms with Crippen LogP contribution in [0.4, 0.5) is 0 Å². The highest BCUT2D eigenvalue weighted by Crippen LogP contribution is 2.39. The van der Waals surface area contributed by atoms with Gasteiger partial charge in [0.15, 0.2) is 5.82 Å². The van der Waals surface area contributed by atoms with E-state index < -0.39 is 0 Å². The smallest absolute Gasteiger partial charge is 0.226 e. The van der Waals surface area contributed by atoms with Crippen molar-refractivity contribution in [2.45, 2.75) is 57.6 Å². The van der Waals surface area contributed by atoms with E-state index in [-0.39, 0.29) is 5.60 Å². The van der Waals surface area contributed by atoms with E-state index in [1.807, 2.05) is 11.3 Å². The van der Waals surface area contributed by atoms with Gasteiger partial charge in [0.05, 0.1) is 12.2 Å². The summed E-state index contributed by atoms with van der Waals surface area (Å²) in [6.07, 6.45) is 6.00. The molecular formula is C21H31N3O3S. The van der Waals surface area contributed by atoms with Crippen molar-refractivity contribution in [3.8, 4) is 0 Å². The zero-order valence-corrected chi connectivity index (χ0v) is 17.8. The van der Waals surface area contributed by atoms with Crippen LogP contribution in [0.5, 0.6) is 0 Å². The second kappa shape index (κ2) is 9.03. The topological polar surface area (TPSA) is 60.6 Å². The number of rotatable bonds is 7. The zero-order chi connectivity index (χ0) is 19.4. The van der Waals surface area contributed by atoms with Crippen molar-refractivity contribution in [2.24, 2.45) is 5.92 Å². The summed E-state index contributed by atoms with van der Waals surface area (Å²) in [5.74, 6) is 2.07. The Morgan fingerprint density at radius 3 is 2.96 bits per heavy atom. The van der Waals surface area contributed by atoms with Crippen molar-refractivity contribution in [1.82, 2.24) is 15.0 Å². The number of aryl methyl sites for hydroxylation is 1. The summed E-state index contributed by atoms with van der Waals surface area (Å²) < 4.78 is 16.9. The van der Waals surface area contributed by atoms with Crippen LogP contribution in [-0.2, 0) is 28.9 Å². The fraction of sp³-hybridized carbons (Fsp3) is 0.714. The van der Waals surface area contributed by atoms with Crippen molar-refractivity contribution in [1.29, 1.82) is 0 Å². The molecule has 2 fully saturated rings. The van der Waals surface area contributed by atoms with Crippen LogP contribution in [0.25, 0.3) is 0 Å². The molecule has 0 bridgehead atoms. The van der Waals surface area contributed by atoms with E-state index in [2.05, 4.69) is 33.4 Å². The van der Waals surface area contributed by atoms with Crippen molar-refractivity contribution >= 4 is 11.3 Å². The minimum absolute atomic E-state index is 0.0445. The number of hydrogen-bond acceptors (Lipinski definition) is 7. The van der Waals surface area contributed by atoms with Crippen LogP contribution in [0, 0.1) is 12.8 Å². The number of ether oxygens (including phenoxy) is 2. The van der Waals surface area contributed by atoms with Gasteiger partial charge in [-0.05, 0) is 55.5 Å². The van der Waals surface area contributed by atoms with E-state index in [1.165, 1.54) is 10.4 Å². The van der Waals surface area contributed by atoms with E-state index >= 15 is 0 Å². The lowest BCUT2D eigenvalue weighted by molar-refractivity contribution is -0.128. The molecule has 0 N–H and O–H groups in total. The second-order valence-electron chi connectivity index (χ2n) is 8.24. The van der Waals surface area contributed by atoms with E-state index in [4.69, 9.17) is 14.0 Å². The number of thiophene rings is 1. The van der Waals surface area contributed by atoms with Crippen LogP contribution in [0.2, 0.25) is 0 Å². The standard InChI is InChI=1S/C21H31N3O3S/c1-16-5-12-28-18(16)15-24-8-6-21(7-9-24)14-17(3-11-26-21)13-20-22-19(23-27-20)4-10-25-2/h5,12,17H,3-4,6-11,13-15H2,1-2H3. The molecule has 1 unspecified atom stereocenters. The van der Waals surface area contributed by atoms with Gasteiger partial charge in [0.1, 0.15) is 0 Å². The van der Waals surface area contributed by atoms with Gasteiger partial charge in [-0.2, -0.15) is 4.98 Å². The minimum Gasteiger partial charge on any atom is -0.384 e. The van der Waals surface area contributed by atoms with Crippen LogP contribution in [-0.4, -0.2) is 54.1 Å². The van der Waals surface area contributed by atoms with Crippen LogP contribution in [0.15, 0.2) is 16.0 Å². The monoisotopic (exact) mass is 405 g/mol. The molecule has 1 spiro atoms. The molecule has 2 saturated heterocycles. The predicted octanol–water partition coefficient (Wildman–Crippen LogP) is 3.63. The Bertz CT molecular complexity index is 752. The third-order valence-corrected chi connectivity index (χ3v) is 7.21. The lowest BCUT2D eigenvalue weighted by Gasteiger charge is -2.46. The summed E-state index contributed by atoms with van der Waals surface area (Å²) in [4.78, 5) is 8.61. The first-order chi connectivity index (χ1) is 13.7. The van der Waals surface area contributed by atoms with E-state index in [0.717, 1.165) is 70.1 Å². The average Bonchev–Trinajstić information content (AvgIpc) is 3.31. The van der Waals surface area contributed by atoms with Gasteiger partial charge < -0.3 is 14.0 Å². The summed E-state index contributed by atoms with van der Waals surface area (Å²) in [7, 11) is 1.69. The maximum Gasteiger partial charge on any atom is 0.226 e. The largest absolute Gasteiger partial charge is 0.384 e. The molecule has 0 amide bonds. The fourth-order valence-electron chi connectivity index (χ4n) is 4.45. The second-order valence-corrected chi connectivity index (χ2v) is 9.25. The van der Waals surface area contributed by atoms with Gasteiger partial charge in [-0.1, -0.05) is 5.16 Å². The molecule has 2 aromatic heterocycles. The number of likely N-dealkylation sites (tertiary alicyclic amines) is 1. The molecule has 2 aliphatic heterocycles. The van der Waals surface area contributed by atoms with Gasteiger partial charge in [0.25, 0.3) is 0 Å². The minimum atomic E-state index is 0.0445. The van der Waals surface area contributed by atoms with Gasteiger partial charge in [0, 0.05) is 51.1 Å². The number of methoxy groups -OCH3 is 1. The first kappa shape index (κ1) is 20.0. The highest BCUT2D eigenvalue weighted by Gasteiger charge is 2.40. The van der Waals surface area contributed by atoms with E-state index in [0.29, 0.717) is 18.9 Å². The summed E-state index contributed by atoms with van der Waals surface area (Å²) in [6, 6.07) is 2.22. The maximum atomic E-state index is 6.33. The molecule has 0 saturated carbocycles. The lowest BCUT2D eigenvalue weighted by atomic mass is 9.78. The zero-order valence-electron chi connectivity index (χ0n) is 17.0. The first-order valence-electron chi connectivity index (χ1n) is 10.4. The molecule has 0 aromatic carbocycles. The number of piperidine rings is 1. The lowest BCUT2D eigenvalue weighted by Crippen LogP contribution is -2.49. The summed E-state index contributed by atoms with van der Waals surface area (Å²) in [5, 5.41) is 6.27. The fourth-order valence-corrected chi connectivity index (χ4v) is 5.40. The van der Waals surface area contributed by atoms with Crippen molar-refractivity contribution in [2.75, 3.05) is 33.4 Å². The van der Waals surface area contributed by atoms with E-state index in [9.17, 15) is 0 Å². The molecular weight excluding hydrogens is 374 g/mol. The molecule has 154 valence electrons.